The van der Waals surface area contributed by atoms with E-state index in [1.54, 1.807) is 11.0 Å². The van der Waals surface area contributed by atoms with Gasteiger partial charge in [0.1, 0.15) is 18.7 Å². The van der Waals surface area contributed by atoms with Crippen LogP contribution in [-0.2, 0) is 13.6 Å². The molecule has 1 saturated heterocycles. The van der Waals surface area contributed by atoms with Crippen LogP contribution < -0.4 is 10.6 Å². The lowest BCUT2D eigenvalue weighted by molar-refractivity contribution is 0.693. The van der Waals surface area contributed by atoms with Gasteiger partial charge in [0.05, 0.1) is 0 Å². The molecular weight excluding hydrogens is 387 g/mol. The van der Waals surface area contributed by atoms with Crippen LogP contribution in [0.3, 0.4) is 0 Å². The van der Waals surface area contributed by atoms with Crippen LogP contribution in [0.1, 0.15) is 25.6 Å². The second kappa shape index (κ2) is 9.43. The standard InChI is InChI=1S/C12H22N6S.HI/c1-3-13-12(14-7-10-5-4-6-19-10)15-8-11-16-9-17-18(11)2;/h9-10H,3-8H2,1-2H3,(H2,13,14,15);1H. The van der Waals surface area contributed by atoms with E-state index in [1.165, 1.54) is 18.6 Å². The first kappa shape index (κ1) is 17.5. The van der Waals surface area contributed by atoms with E-state index >= 15 is 0 Å². The lowest BCUT2D eigenvalue weighted by atomic mass is 10.2. The van der Waals surface area contributed by atoms with Crippen LogP contribution in [0.25, 0.3) is 0 Å². The van der Waals surface area contributed by atoms with Gasteiger partial charge < -0.3 is 10.6 Å². The van der Waals surface area contributed by atoms with Gasteiger partial charge in [-0.25, -0.2) is 9.98 Å². The molecule has 1 aliphatic rings. The number of nitrogens with one attached hydrogen (secondary N) is 2. The highest BCUT2D eigenvalue weighted by molar-refractivity contribution is 14.0. The van der Waals surface area contributed by atoms with Gasteiger partial charge >= 0.3 is 0 Å². The zero-order chi connectivity index (χ0) is 13.5. The fourth-order valence-corrected chi connectivity index (χ4v) is 3.17. The van der Waals surface area contributed by atoms with Gasteiger partial charge in [0, 0.05) is 25.4 Å². The van der Waals surface area contributed by atoms with Crippen LogP contribution in [0.15, 0.2) is 11.3 Å². The van der Waals surface area contributed by atoms with Gasteiger partial charge in [-0.05, 0) is 25.5 Å². The zero-order valence-corrected chi connectivity index (χ0v) is 15.1. The third kappa shape index (κ3) is 5.47. The highest BCUT2D eigenvalue weighted by atomic mass is 127. The first-order valence-corrected chi connectivity index (χ1v) is 7.81. The maximum absolute atomic E-state index is 4.54. The van der Waals surface area contributed by atoms with Crippen molar-refractivity contribution in [1.82, 2.24) is 25.4 Å². The smallest absolute Gasteiger partial charge is 0.191 e. The first-order valence-electron chi connectivity index (χ1n) is 6.76. The number of aryl methyl sites for hydroxylation is 1. The topological polar surface area (TPSA) is 67.1 Å². The van der Waals surface area contributed by atoms with Gasteiger partial charge in [-0.1, -0.05) is 0 Å². The number of rotatable bonds is 5. The van der Waals surface area contributed by atoms with Gasteiger partial charge in [-0.2, -0.15) is 16.9 Å². The molecule has 8 heteroatoms. The first-order chi connectivity index (χ1) is 9.29. The number of aliphatic imine (C=N–C) groups is 1. The van der Waals surface area contributed by atoms with E-state index in [4.69, 9.17) is 0 Å². The van der Waals surface area contributed by atoms with Crippen molar-refractivity contribution in [3.8, 4) is 0 Å². The van der Waals surface area contributed by atoms with Crippen LogP contribution >= 0.6 is 35.7 Å². The van der Waals surface area contributed by atoms with Crippen LogP contribution in [0.5, 0.6) is 0 Å². The Morgan fingerprint density at radius 1 is 1.55 bits per heavy atom. The van der Waals surface area contributed by atoms with Crippen molar-refractivity contribution < 1.29 is 0 Å². The molecule has 0 radical (unpaired) electrons. The normalized spacial score (nSPS) is 18.7. The molecular formula is C12H23IN6S. The number of halogens is 1. The Morgan fingerprint density at radius 3 is 3.00 bits per heavy atom. The molecule has 0 aromatic carbocycles. The van der Waals surface area contributed by atoms with E-state index in [2.05, 4.69) is 32.6 Å². The minimum atomic E-state index is 0. The molecule has 2 rings (SSSR count). The Hall–Kier alpha value is -0.510. The molecule has 1 aliphatic heterocycles. The van der Waals surface area contributed by atoms with E-state index in [-0.39, 0.29) is 24.0 Å². The number of thioether (sulfide) groups is 1. The number of aromatic nitrogens is 3. The molecule has 2 N–H and O–H groups in total. The number of guanidine groups is 1. The van der Waals surface area contributed by atoms with Crippen LogP contribution in [0.4, 0.5) is 0 Å². The van der Waals surface area contributed by atoms with Crippen molar-refractivity contribution in [2.45, 2.75) is 31.6 Å². The second-order valence-electron chi connectivity index (χ2n) is 4.51. The summed E-state index contributed by atoms with van der Waals surface area (Å²) in [5.41, 5.74) is 0. The van der Waals surface area contributed by atoms with Gasteiger partial charge in [0.25, 0.3) is 0 Å². The summed E-state index contributed by atoms with van der Waals surface area (Å²) >= 11 is 2.05. The third-order valence-corrected chi connectivity index (χ3v) is 4.45. The SMILES string of the molecule is CCNC(=NCc1ncnn1C)NCC1CCCS1.I. The largest absolute Gasteiger partial charge is 0.357 e. The van der Waals surface area contributed by atoms with E-state index in [0.717, 1.165) is 30.1 Å². The highest BCUT2D eigenvalue weighted by Crippen LogP contribution is 2.25. The second-order valence-corrected chi connectivity index (χ2v) is 5.92. The summed E-state index contributed by atoms with van der Waals surface area (Å²) in [5, 5.41) is 11.4. The molecule has 114 valence electrons. The fraction of sp³-hybridized carbons (Fsp3) is 0.750. The molecule has 0 saturated carbocycles. The summed E-state index contributed by atoms with van der Waals surface area (Å²) in [5.74, 6) is 3.02. The molecule has 0 bridgehead atoms. The molecule has 6 nitrogen and oxygen atoms in total. The van der Waals surface area contributed by atoms with Crippen molar-refractivity contribution in [2.75, 3.05) is 18.8 Å². The maximum Gasteiger partial charge on any atom is 0.191 e. The van der Waals surface area contributed by atoms with Crippen molar-refractivity contribution in [3.63, 3.8) is 0 Å². The molecule has 1 fully saturated rings. The summed E-state index contributed by atoms with van der Waals surface area (Å²) in [6, 6.07) is 0. The Morgan fingerprint density at radius 2 is 2.40 bits per heavy atom. The van der Waals surface area contributed by atoms with E-state index < -0.39 is 0 Å². The Kier molecular flexibility index (Phi) is 8.27. The summed E-state index contributed by atoms with van der Waals surface area (Å²) in [6.07, 6.45) is 4.20. The van der Waals surface area contributed by atoms with Gasteiger partial charge in [0.15, 0.2) is 5.96 Å². The fourth-order valence-electron chi connectivity index (χ4n) is 1.97. The van der Waals surface area contributed by atoms with Crippen LogP contribution in [0.2, 0.25) is 0 Å². The summed E-state index contributed by atoms with van der Waals surface area (Å²) in [4.78, 5) is 8.71. The molecule has 1 aromatic heterocycles. The molecule has 20 heavy (non-hydrogen) atoms. The summed E-state index contributed by atoms with van der Waals surface area (Å²) in [6.45, 7) is 4.46. The molecule has 1 unspecified atom stereocenters. The number of hydrogen-bond donors (Lipinski definition) is 2. The van der Waals surface area contributed by atoms with Gasteiger partial charge in [-0.15, -0.1) is 24.0 Å². The van der Waals surface area contributed by atoms with Crippen molar-refractivity contribution in [2.24, 2.45) is 12.0 Å². The van der Waals surface area contributed by atoms with Crippen molar-refractivity contribution in [3.05, 3.63) is 12.2 Å². The predicted octanol–water partition coefficient (Wildman–Crippen LogP) is 1.38. The Bertz CT molecular complexity index is 416. The predicted molar refractivity (Wildman–Crippen MR) is 94.7 cm³/mol. The highest BCUT2D eigenvalue weighted by Gasteiger charge is 2.15. The van der Waals surface area contributed by atoms with Gasteiger partial charge in [0.2, 0.25) is 0 Å². The molecule has 0 amide bonds. The van der Waals surface area contributed by atoms with Crippen molar-refractivity contribution >= 4 is 41.7 Å². The Balaban J connectivity index is 0.00000200. The average Bonchev–Trinajstić information content (AvgIpc) is 3.04. The molecule has 0 aliphatic carbocycles. The summed E-state index contributed by atoms with van der Waals surface area (Å²) < 4.78 is 1.75. The minimum Gasteiger partial charge on any atom is -0.357 e. The molecule has 2 heterocycles. The molecule has 0 spiro atoms. The van der Waals surface area contributed by atoms with E-state index in [9.17, 15) is 0 Å². The van der Waals surface area contributed by atoms with E-state index in [1.807, 2.05) is 18.8 Å². The zero-order valence-electron chi connectivity index (χ0n) is 12.0. The molecule has 1 atom stereocenters. The monoisotopic (exact) mass is 410 g/mol. The maximum atomic E-state index is 4.54. The van der Waals surface area contributed by atoms with Crippen LogP contribution in [-0.4, -0.2) is 44.8 Å². The Labute approximate surface area is 141 Å². The number of nitrogens with zero attached hydrogens (tertiary/aromatic N) is 4. The average molecular weight is 410 g/mol. The minimum absolute atomic E-state index is 0. The lowest BCUT2D eigenvalue weighted by Crippen LogP contribution is -2.40. The van der Waals surface area contributed by atoms with Crippen LogP contribution in [0, 0.1) is 0 Å². The third-order valence-electron chi connectivity index (χ3n) is 3.05. The van der Waals surface area contributed by atoms with E-state index in [0.29, 0.717) is 6.54 Å². The van der Waals surface area contributed by atoms with Crippen molar-refractivity contribution in [1.29, 1.82) is 0 Å². The lowest BCUT2D eigenvalue weighted by Gasteiger charge is -2.14. The number of hydrogen-bond acceptors (Lipinski definition) is 4. The van der Waals surface area contributed by atoms with Gasteiger partial charge in [-0.3, -0.25) is 4.68 Å². The quantitative estimate of drug-likeness (QED) is 0.436. The summed E-state index contributed by atoms with van der Waals surface area (Å²) in [7, 11) is 1.88. The molecule has 1 aromatic rings.